The molecular formula is C16H23NS. The highest BCUT2D eigenvalue weighted by atomic mass is 32.1. The third-order valence-electron chi connectivity index (χ3n) is 3.43. The first-order chi connectivity index (χ1) is 8.86. The molecule has 0 aliphatic heterocycles. The second-order valence-electron chi connectivity index (χ2n) is 4.79. The van der Waals surface area contributed by atoms with Gasteiger partial charge in [-0.25, -0.2) is 0 Å². The molecule has 18 heavy (non-hydrogen) atoms. The van der Waals surface area contributed by atoms with Crippen LogP contribution in [-0.2, 0) is 0 Å². The molecule has 1 N–H and O–H groups in total. The zero-order valence-corrected chi connectivity index (χ0v) is 12.2. The Labute approximate surface area is 114 Å². The van der Waals surface area contributed by atoms with Gasteiger partial charge in [0.15, 0.2) is 0 Å². The molecule has 1 aromatic heterocycles. The maximum atomic E-state index is 3.64. The molecule has 2 rings (SSSR count). The monoisotopic (exact) mass is 261 g/mol. The number of hydrogen-bond donors (Lipinski definition) is 1. The summed E-state index contributed by atoms with van der Waals surface area (Å²) in [5.74, 6) is 0. The van der Waals surface area contributed by atoms with Gasteiger partial charge >= 0.3 is 0 Å². The highest BCUT2D eigenvalue weighted by molar-refractivity contribution is 7.17. The molecule has 0 bridgehead atoms. The van der Waals surface area contributed by atoms with Crippen LogP contribution in [-0.4, -0.2) is 6.54 Å². The molecule has 0 aliphatic carbocycles. The predicted octanol–water partition coefficient (Wildman–Crippen LogP) is 5.13. The third kappa shape index (κ3) is 3.12. The minimum atomic E-state index is 0.526. The lowest BCUT2D eigenvalue weighted by molar-refractivity contribution is 0.490. The van der Waals surface area contributed by atoms with Crippen LogP contribution in [0.4, 0.5) is 0 Å². The maximum Gasteiger partial charge on any atom is 0.0346 e. The molecule has 1 nitrogen and oxygen atoms in total. The van der Waals surface area contributed by atoms with Gasteiger partial charge in [0, 0.05) is 10.7 Å². The Balaban J connectivity index is 2.18. The molecule has 1 heterocycles. The summed E-state index contributed by atoms with van der Waals surface area (Å²) in [6.45, 7) is 5.50. The summed E-state index contributed by atoms with van der Waals surface area (Å²) >= 11 is 1.87. The van der Waals surface area contributed by atoms with Gasteiger partial charge in [0.05, 0.1) is 0 Å². The Kier molecular flexibility index (Phi) is 5.21. The summed E-state index contributed by atoms with van der Waals surface area (Å²) in [4.78, 5) is 0. The van der Waals surface area contributed by atoms with E-state index >= 15 is 0 Å². The van der Waals surface area contributed by atoms with E-state index in [1.54, 1.807) is 0 Å². The standard InChI is InChI=1S/C16H23NS/c1-3-5-6-10-15(17-4-2)14-12-18-16-11-8-7-9-13(14)16/h7-9,11-12,15,17H,3-6,10H2,1-2H3. The summed E-state index contributed by atoms with van der Waals surface area (Å²) in [6, 6.07) is 9.28. The van der Waals surface area contributed by atoms with Crippen LogP contribution in [0.3, 0.4) is 0 Å². The van der Waals surface area contributed by atoms with Gasteiger partial charge in [-0.1, -0.05) is 51.3 Å². The minimum Gasteiger partial charge on any atom is -0.310 e. The van der Waals surface area contributed by atoms with E-state index in [-0.39, 0.29) is 0 Å². The Bertz CT molecular complexity index is 475. The van der Waals surface area contributed by atoms with Crippen molar-refractivity contribution >= 4 is 21.4 Å². The molecular weight excluding hydrogens is 238 g/mol. The molecule has 0 saturated carbocycles. The van der Waals surface area contributed by atoms with Gasteiger partial charge in [-0.05, 0) is 35.4 Å². The molecule has 0 spiro atoms. The number of thiophene rings is 1. The minimum absolute atomic E-state index is 0.526. The summed E-state index contributed by atoms with van der Waals surface area (Å²) in [7, 11) is 0. The Hall–Kier alpha value is -0.860. The highest BCUT2D eigenvalue weighted by Crippen LogP contribution is 2.32. The van der Waals surface area contributed by atoms with E-state index in [9.17, 15) is 0 Å². The van der Waals surface area contributed by atoms with Gasteiger partial charge in [-0.15, -0.1) is 11.3 Å². The van der Waals surface area contributed by atoms with Crippen LogP contribution in [0.15, 0.2) is 29.6 Å². The lowest BCUT2D eigenvalue weighted by atomic mass is 10.00. The molecule has 1 unspecified atom stereocenters. The quantitative estimate of drug-likeness (QED) is 0.681. The third-order valence-corrected chi connectivity index (χ3v) is 4.41. The number of nitrogens with one attached hydrogen (secondary N) is 1. The zero-order chi connectivity index (χ0) is 12.8. The molecule has 2 heteroatoms. The van der Waals surface area contributed by atoms with Gasteiger partial charge in [-0.2, -0.15) is 0 Å². The SMILES string of the molecule is CCCCCC(NCC)c1csc2ccccc12. The van der Waals surface area contributed by atoms with Crippen molar-refractivity contribution in [3.05, 3.63) is 35.2 Å². The molecule has 0 radical (unpaired) electrons. The molecule has 0 saturated heterocycles. The van der Waals surface area contributed by atoms with E-state index in [0.717, 1.165) is 6.54 Å². The Morgan fingerprint density at radius 2 is 2.00 bits per heavy atom. The fraction of sp³-hybridized carbons (Fsp3) is 0.500. The number of benzene rings is 1. The fourth-order valence-corrected chi connectivity index (χ4v) is 3.50. The second-order valence-corrected chi connectivity index (χ2v) is 5.70. The number of unbranched alkanes of at least 4 members (excludes halogenated alkanes) is 2. The van der Waals surface area contributed by atoms with Crippen molar-refractivity contribution in [2.75, 3.05) is 6.54 Å². The van der Waals surface area contributed by atoms with Crippen molar-refractivity contribution in [1.29, 1.82) is 0 Å². The first-order valence-corrected chi connectivity index (χ1v) is 7.94. The van der Waals surface area contributed by atoms with Gasteiger partial charge < -0.3 is 5.32 Å². The Morgan fingerprint density at radius 1 is 1.17 bits per heavy atom. The topological polar surface area (TPSA) is 12.0 Å². The van der Waals surface area contributed by atoms with E-state index in [1.165, 1.54) is 41.3 Å². The van der Waals surface area contributed by atoms with Crippen molar-refractivity contribution in [2.24, 2.45) is 0 Å². The summed E-state index contributed by atoms with van der Waals surface area (Å²) in [5.41, 5.74) is 1.49. The smallest absolute Gasteiger partial charge is 0.0346 e. The Morgan fingerprint density at radius 3 is 2.78 bits per heavy atom. The van der Waals surface area contributed by atoms with E-state index in [2.05, 4.69) is 48.8 Å². The van der Waals surface area contributed by atoms with Gasteiger partial charge in [-0.3, -0.25) is 0 Å². The van der Waals surface area contributed by atoms with Crippen LogP contribution in [0, 0.1) is 0 Å². The van der Waals surface area contributed by atoms with Crippen LogP contribution >= 0.6 is 11.3 Å². The highest BCUT2D eigenvalue weighted by Gasteiger charge is 2.14. The number of hydrogen-bond acceptors (Lipinski definition) is 2. The van der Waals surface area contributed by atoms with E-state index in [1.807, 2.05) is 11.3 Å². The summed E-state index contributed by atoms with van der Waals surface area (Å²) < 4.78 is 1.41. The first kappa shape index (κ1) is 13.6. The molecule has 0 aliphatic rings. The van der Waals surface area contributed by atoms with Crippen LogP contribution in [0.25, 0.3) is 10.1 Å². The van der Waals surface area contributed by atoms with Crippen molar-refractivity contribution < 1.29 is 0 Å². The van der Waals surface area contributed by atoms with Gasteiger partial charge in [0.1, 0.15) is 0 Å². The second kappa shape index (κ2) is 6.91. The van der Waals surface area contributed by atoms with Gasteiger partial charge in [0.2, 0.25) is 0 Å². The fourth-order valence-electron chi connectivity index (χ4n) is 2.48. The molecule has 0 fully saturated rings. The molecule has 0 amide bonds. The first-order valence-electron chi connectivity index (χ1n) is 7.06. The zero-order valence-electron chi connectivity index (χ0n) is 11.4. The lowest BCUT2D eigenvalue weighted by Gasteiger charge is -2.17. The van der Waals surface area contributed by atoms with Crippen molar-refractivity contribution in [1.82, 2.24) is 5.32 Å². The summed E-state index contributed by atoms with van der Waals surface area (Å²) in [5, 5.41) is 7.42. The number of fused-ring (bicyclic) bond motifs is 1. The van der Waals surface area contributed by atoms with Crippen LogP contribution in [0.2, 0.25) is 0 Å². The largest absolute Gasteiger partial charge is 0.310 e. The molecule has 98 valence electrons. The van der Waals surface area contributed by atoms with Crippen LogP contribution in [0.5, 0.6) is 0 Å². The average molecular weight is 261 g/mol. The van der Waals surface area contributed by atoms with E-state index in [0.29, 0.717) is 6.04 Å². The average Bonchev–Trinajstić information content (AvgIpc) is 2.82. The normalized spacial score (nSPS) is 13.0. The molecule has 1 aromatic carbocycles. The predicted molar refractivity (Wildman–Crippen MR) is 82.4 cm³/mol. The van der Waals surface area contributed by atoms with E-state index in [4.69, 9.17) is 0 Å². The van der Waals surface area contributed by atoms with Gasteiger partial charge in [0.25, 0.3) is 0 Å². The van der Waals surface area contributed by atoms with E-state index < -0.39 is 0 Å². The molecule has 2 aromatic rings. The van der Waals surface area contributed by atoms with Crippen molar-refractivity contribution in [3.63, 3.8) is 0 Å². The molecule has 1 atom stereocenters. The van der Waals surface area contributed by atoms with Crippen LogP contribution < -0.4 is 5.32 Å². The van der Waals surface area contributed by atoms with Crippen LogP contribution in [0.1, 0.15) is 51.1 Å². The number of rotatable bonds is 7. The van der Waals surface area contributed by atoms with Crippen molar-refractivity contribution in [2.45, 2.75) is 45.6 Å². The lowest BCUT2D eigenvalue weighted by Crippen LogP contribution is -2.20. The maximum absolute atomic E-state index is 3.64. The van der Waals surface area contributed by atoms with Crippen molar-refractivity contribution in [3.8, 4) is 0 Å². The summed E-state index contributed by atoms with van der Waals surface area (Å²) in [6.07, 6.45) is 5.20.